The highest BCUT2D eigenvalue weighted by Crippen LogP contribution is 2.27. The molecule has 1 aromatic heterocycles. The third-order valence-corrected chi connectivity index (χ3v) is 4.30. The highest BCUT2D eigenvalue weighted by atomic mass is 35.5. The number of fused-ring (bicyclic) bond motifs is 1. The van der Waals surface area contributed by atoms with Crippen molar-refractivity contribution in [3.63, 3.8) is 0 Å². The molecule has 0 aliphatic rings. The molecule has 8 heteroatoms. The van der Waals surface area contributed by atoms with Crippen LogP contribution in [0.15, 0.2) is 42.5 Å². The van der Waals surface area contributed by atoms with Gasteiger partial charge in [0.25, 0.3) is 0 Å². The predicted octanol–water partition coefficient (Wildman–Crippen LogP) is 3.19. The Morgan fingerprint density at radius 2 is 2.00 bits per heavy atom. The first kappa shape index (κ1) is 18.8. The van der Waals surface area contributed by atoms with E-state index in [2.05, 4.69) is 10.3 Å². The molecule has 0 saturated carbocycles. The minimum absolute atomic E-state index is 0.00998. The molecule has 3 rings (SSSR count). The minimum atomic E-state index is -0.783. The Labute approximate surface area is 160 Å². The number of anilines is 1. The SMILES string of the molecule is OCCNc1nc2ccccc2n1CC(O)COc1ccc(Cl)cc1Cl. The van der Waals surface area contributed by atoms with Gasteiger partial charge >= 0.3 is 0 Å². The van der Waals surface area contributed by atoms with Gasteiger partial charge in [-0.3, -0.25) is 0 Å². The number of hydrogen-bond donors (Lipinski definition) is 3. The van der Waals surface area contributed by atoms with Gasteiger partial charge in [-0.25, -0.2) is 4.98 Å². The molecular formula is C18H19Cl2N3O3. The molecule has 0 bridgehead atoms. The van der Waals surface area contributed by atoms with Gasteiger partial charge in [0.1, 0.15) is 18.5 Å². The molecule has 0 aliphatic heterocycles. The van der Waals surface area contributed by atoms with E-state index in [1.54, 1.807) is 18.2 Å². The molecular weight excluding hydrogens is 377 g/mol. The number of hydrogen-bond acceptors (Lipinski definition) is 5. The Bertz CT molecular complexity index is 885. The molecule has 6 nitrogen and oxygen atoms in total. The second-order valence-corrected chi connectivity index (χ2v) is 6.57. The van der Waals surface area contributed by atoms with Crippen molar-refractivity contribution in [1.82, 2.24) is 9.55 Å². The molecule has 138 valence electrons. The fourth-order valence-corrected chi connectivity index (χ4v) is 3.07. The maximum atomic E-state index is 10.4. The number of ether oxygens (including phenoxy) is 1. The third kappa shape index (κ3) is 4.40. The summed E-state index contributed by atoms with van der Waals surface area (Å²) in [7, 11) is 0. The van der Waals surface area contributed by atoms with Crippen LogP contribution in [0.25, 0.3) is 11.0 Å². The summed E-state index contributed by atoms with van der Waals surface area (Å²) >= 11 is 11.9. The van der Waals surface area contributed by atoms with Crippen LogP contribution in [0.4, 0.5) is 5.95 Å². The van der Waals surface area contributed by atoms with Crippen molar-refractivity contribution in [1.29, 1.82) is 0 Å². The zero-order valence-electron chi connectivity index (χ0n) is 13.9. The summed E-state index contributed by atoms with van der Waals surface area (Å²) in [6.45, 7) is 0.701. The monoisotopic (exact) mass is 395 g/mol. The lowest BCUT2D eigenvalue weighted by molar-refractivity contribution is 0.0939. The molecule has 0 spiro atoms. The Balaban J connectivity index is 1.72. The van der Waals surface area contributed by atoms with Crippen LogP contribution in [0.3, 0.4) is 0 Å². The summed E-state index contributed by atoms with van der Waals surface area (Å²) in [6.07, 6.45) is -0.783. The first-order chi connectivity index (χ1) is 12.6. The average molecular weight is 396 g/mol. The van der Waals surface area contributed by atoms with Gasteiger partial charge in [-0.1, -0.05) is 35.3 Å². The van der Waals surface area contributed by atoms with Crippen molar-refractivity contribution < 1.29 is 14.9 Å². The number of aliphatic hydroxyl groups excluding tert-OH is 2. The number of nitrogens with one attached hydrogen (secondary N) is 1. The summed E-state index contributed by atoms with van der Waals surface area (Å²) in [5.74, 6) is 1.05. The summed E-state index contributed by atoms with van der Waals surface area (Å²) in [5.41, 5.74) is 1.69. The van der Waals surface area contributed by atoms with Gasteiger partial charge in [-0.05, 0) is 30.3 Å². The molecule has 0 saturated heterocycles. The van der Waals surface area contributed by atoms with Crippen LogP contribution in [0, 0.1) is 0 Å². The standard InChI is InChI=1S/C18H19Cl2N3O3/c19-12-5-6-17(14(20)9-12)26-11-13(25)10-23-16-4-2-1-3-15(16)22-18(23)21-7-8-24/h1-6,9,13,24-25H,7-8,10-11H2,(H,21,22). The van der Waals surface area contributed by atoms with Crippen molar-refractivity contribution >= 4 is 40.2 Å². The molecule has 0 fully saturated rings. The Hall–Kier alpha value is -1.99. The number of imidazole rings is 1. The van der Waals surface area contributed by atoms with Crippen LogP contribution in [0.1, 0.15) is 0 Å². The van der Waals surface area contributed by atoms with Gasteiger partial charge in [-0.15, -0.1) is 0 Å². The molecule has 1 heterocycles. The zero-order valence-corrected chi connectivity index (χ0v) is 15.4. The smallest absolute Gasteiger partial charge is 0.204 e. The molecule has 1 atom stereocenters. The van der Waals surface area contributed by atoms with E-state index in [0.29, 0.717) is 28.3 Å². The van der Waals surface area contributed by atoms with Crippen molar-refractivity contribution in [2.75, 3.05) is 25.1 Å². The molecule has 26 heavy (non-hydrogen) atoms. The van der Waals surface area contributed by atoms with Crippen LogP contribution in [-0.2, 0) is 6.54 Å². The summed E-state index contributed by atoms with van der Waals surface area (Å²) in [6, 6.07) is 12.6. The predicted molar refractivity (Wildman–Crippen MR) is 103 cm³/mol. The van der Waals surface area contributed by atoms with Crippen molar-refractivity contribution in [3.05, 3.63) is 52.5 Å². The summed E-state index contributed by atoms with van der Waals surface area (Å²) in [4.78, 5) is 4.50. The summed E-state index contributed by atoms with van der Waals surface area (Å²) in [5, 5.41) is 23.4. The summed E-state index contributed by atoms with van der Waals surface area (Å²) < 4.78 is 7.46. The van der Waals surface area contributed by atoms with E-state index in [0.717, 1.165) is 11.0 Å². The fourth-order valence-electron chi connectivity index (χ4n) is 2.60. The lowest BCUT2D eigenvalue weighted by Crippen LogP contribution is -2.25. The van der Waals surface area contributed by atoms with E-state index >= 15 is 0 Å². The van der Waals surface area contributed by atoms with E-state index in [1.165, 1.54) is 0 Å². The van der Waals surface area contributed by atoms with Gasteiger partial charge in [-0.2, -0.15) is 0 Å². The molecule has 3 N–H and O–H groups in total. The first-order valence-corrected chi connectivity index (χ1v) is 8.90. The second-order valence-electron chi connectivity index (χ2n) is 5.72. The second kappa shape index (κ2) is 8.60. The van der Waals surface area contributed by atoms with Gasteiger partial charge in [0, 0.05) is 11.6 Å². The zero-order chi connectivity index (χ0) is 18.5. The Morgan fingerprint density at radius 1 is 1.19 bits per heavy atom. The number of benzene rings is 2. The van der Waals surface area contributed by atoms with Crippen molar-refractivity contribution in [3.8, 4) is 5.75 Å². The molecule has 2 aromatic carbocycles. The Kier molecular flexibility index (Phi) is 6.21. The maximum absolute atomic E-state index is 10.4. The number of nitrogens with zero attached hydrogens (tertiary/aromatic N) is 2. The van der Waals surface area contributed by atoms with Gasteiger partial charge in [0.15, 0.2) is 0 Å². The van der Waals surface area contributed by atoms with Crippen molar-refractivity contribution in [2.45, 2.75) is 12.6 Å². The number of aromatic nitrogens is 2. The van der Waals surface area contributed by atoms with Gasteiger partial charge in [0.2, 0.25) is 5.95 Å². The lowest BCUT2D eigenvalue weighted by Gasteiger charge is -2.16. The number of aliphatic hydroxyl groups is 2. The first-order valence-electron chi connectivity index (χ1n) is 8.14. The maximum Gasteiger partial charge on any atom is 0.204 e. The Morgan fingerprint density at radius 3 is 2.77 bits per heavy atom. The molecule has 0 radical (unpaired) electrons. The van der Waals surface area contributed by atoms with Crippen LogP contribution < -0.4 is 10.1 Å². The van der Waals surface area contributed by atoms with E-state index in [4.69, 9.17) is 33.0 Å². The van der Waals surface area contributed by atoms with Crippen LogP contribution in [0.5, 0.6) is 5.75 Å². The topological polar surface area (TPSA) is 79.5 Å². The normalized spacial score (nSPS) is 12.3. The van der Waals surface area contributed by atoms with E-state index in [1.807, 2.05) is 28.8 Å². The number of rotatable bonds is 8. The number of para-hydroxylation sites is 2. The van der Waals surface area contributed by atoms with E-state index < -0.39 is 6.10 Å². The third-order valence-electron chi connectivity index (χ3n) is 3.77. The van der Waals surface area contributed by atoms with Crippen LogP contribution in [-0.4, -0.2) is 45.6 Å². The molecule has 0 aliphatic carbocycles. The molecule has 0 amide bonds. The van der Waals surface area contributed by atoms with Crippen LogP contribution >= 0.6 is 23.2 Å². The van der Waals surface area contributed by atoms with E-state index in [-0.39, 0.29) is 19.8 Å². The minimum Gasteiger partial charge on any atom is -0.489 e. The quantitative estimate of drug-likeness (QED) is 0.545. The number of halogens is 2. The van der Waals surface area contributed by atoms with Crippen LogP contribution in [0.2, 0.25) is 10.0 Å². The molecule has 1 unspecified atom stereocenters. The fraction of sp³-hybridized carbons (Fsp3) is 0.278. The lowest BCUT2D eigenvalue weighted by atomic mass is 10.3. The molecule has 3 aromatic rings. The largest absolute Gasteiger partial charge is 0.489 e. The van der Waals surface area contributed by atoms with Gasteiger partial charge < -0.3 is 24.8 Å². The average Bonchev–Trinajstić information content (AvgIpc) is 2.97. The van der Waals surface area contributed by atoms with Gasteiger partial charge in [0.05, 0.1) is 29.2 Å². The van der Waals surface area contributed by atoms with Crippen molar-refractivity contribution in [2.24, 2.45) is 0 Å². The highest BCUT2D eigenvalue weighted by molar-refractivity contribution is 6.35. The van der Waals surface area contributed by atoms with E-state index in [9.17, 15) is 5.11 Å². The highest BCUT2D eigenvalue weighted by Gasteiger charge is 2.15.